The number of hydrogen-bond acceptors (Lipinski definition) is 5. The lowest BCUT2D eigenvalue weighted by molar-refractivity contribution is -0.152. The van der Waals surface area contributed by atoms with E-state index in [0.29, 0.717) is 24.9 Å². The van der Waals surface area contributed by atoms with Crippen LogP contribution in [0.5, 0.6) is 0 Å². The monoisotopic (exact) mass is 386 g/mol. The van der Waals surface area contributed by atoms with Crippen LogP contribution in [-0.2, 0) is 24.3 Å². The summed E-state index contributed by atoms with van der Waals surface area (Å²) in [5, 5.41) is 0. The Labute approximate surface area is 152 Å². The molecule has 1 aromatic rings. The molecular formula is C17H23FN2O5S. The first-order valence-corrected chi connectivity index (χ1v) is 9.84. The molecular weight excluding hydrogens is 363 g/mol. The Kier molecular flexibility index (Phi) is 6.71. The number of likely N-dealkylation sites (tertiary alicyclic amines) is 1. The van der Waals surface area contributed by atoms with E-state index in [2.05, 4.69) is 18.6 Å². The lowest BCUT2D eigenvalue weighted by Crippen LogP contribution is -2.44. The average molecular weight is 386 g/mol. The molecule has 0 aliphatic carbocycles. The Morgan fingerprint density at radius 2 is 1.77 bits per heavy atom. The number of hydrogen-bond donors (Lipinski definition) is 1. The van der Waals surface area contributed by atoms with E-state index in [1.54, 1.807) is 4.90 Å². The fraction of sp³-hybridized carbons (Fsp3) is 0.529. The van der Waals surface area contributed by atoms with Crippen molar-refractivity contribution in [3.05, 3.63) is 30.1 Å². The molecule has 26 heavy (non-hydrogen) atoms. The lowest BCUT2D eigenvalue weighted by atomic mass is 9.92. The van der Waals surface area contributed by atoms with E-state index < -0.39 is 35.0 Å². The minimum absolute atomic E-state index is 0.168. The predicted octanol–water partition coefficient (Wildman–Crippen LogP) is 1.15. The van der Waals surface area contributed by atoms with Crippen LogP contribution in [0.15, 0.2) is 29.2 Å². The zero-order valence-electron chi connectivity index (χ0n) is 14.8. The summed E-state index contributed by atoms with van der Waals surface area (Å²) in [5.41, 5.74) is 0. The quantitative estimate of drug-likeness (QED) is 0.741. The van der Waals surface area contributed by atoms with Crippen molar-refractivity contribution in [3.63, 3.8) is 0 Å². The van der Waals surface area contributed by atoms with Crippen LogP contribution in [0.2, 0.25) is 0 Å². The number of sulfonamides is 1. The number of amides is 1. The minimum Gasteiger partial charge on any atom is -0.455 e. The van der Waals surface area contributed by atoms with Gasteiger partial charge in [0, 0.05) is 13.1 Å². The third-order valence-electron chi connectivity index (χ3n) is 4.11. The first-order chi connectivity index (χ1) is 12.2. The zero-order valence-corrected chi connectivity index (χ0v) is 15.6. The molecule has 9 heteroatoms. The first-order valence-electron chi connectivity index (χ1n) is 8.36. The molecule has 1 heterocycles. The van der Waals surface area contributed by atoms with Crippen molar-refractivity contribution in [2.75, 3.05) is 26.2 Å². The summed E-state index contributed by atoms with van der Waals surface area (Å²) in [4.78, 5) is 25.3. The maximum atomic E-state index is 12.8. The molecule has 0 bridgehead atoms. The van der Waals surface area contributed by atoms with Crippen molar-refractivity contribution in [2.24, 2.45) is 11.8 Å². The van der Waals surface area contributed by atoms with Gasteiger partial charge in [0.1, 0.15) is 12.4 Å². The van der Waals surface area contributed by atoms with Crippen LogP contribution in [0, 0.1) is 17.7 Å². The van der Waals surface area contributed by atoms with E-state index in [4.69, 9.17) is 4.74 Å². The average Bonchev–Trinajstić information content (AvgIpc) is 2.57. The van der Waals surface area contributed by atoms with Crippen molar-refractivity contribution in [3.8, 4) is 0 Å². The number of halogens is 1. The second-order valence-electron chi connectivity index (χ2n) is 6.68. The van der Waals surface area contributed by atoms with E-state index in [9.17, 15) is 22.4 Å². The van der Waals surface area contributed by atoms with Gasteiger partial charge in [-0.25, -0.2) is 12.8 Å². The Hall–Kier alpha value is -2.00. The van der Waals surface area contributed by atoms with Gasteiger partial charge < -0.3 is 9.64 Å². The summed E-state index contributed by atoms with van der Waals surface area (Å²) in [6.07, 6.45) is 1.05. The molecule has 0 radical (unpaired) electrons. The number of benzene rings is 1. The summed E-state index contributed by atoms with van der Waals surface area (Å²) in [6, 6.07) is 4.19. The van der Waals surface area contributed by atoms with Gasteiger partial charge >= 0.3 is 5.97 Å². The van der Waals surface area contributed by atoms with E-state index in [0.717, 1.165) is 30.7 Å². The number of piperidine rings is 1. The number of nitrogens with zero attached hydrogens (tertiary/aromatic N) is 1. The van der Waals surface area contributed by atoms with Gasteiger partial charge in [-0.2, -0.15) is 4.72 Å². The molecule has 2 atom stereocenters. The van der Waals surface area contributed by atoms with Gasteiger partial charge in [0.25, 0.3) is 5.91 Å². The Morgan fingerprint density at radius 1 is 1.19 bits per heavy atom. The molecule has 0 unspecified atom stereocenters. The van der Waals surface area contributed by atoms with Crippen molar-refractivity contribution in [2.45, 2.75) is 25.2 Å². The van der Waals surface area contributed by atoms with Gasteiger partial charge in [0.15, 0.2) is 6.61 Å². The Balaban J connectivity index is 1.79. The number of rotatable bonds is 6. The molecule has 7 nitrogen and oxygen atoms in total. The topological polar surface area (TPSA) is 92.8 Å². The van der Waals surface area contributed by atoms with Crippen molar-refractivity contribution < 1.29 is 27.1 Å². The third kappa shape index (κ3) is 5.77. The summed E-state index contributed by atoms with van der Waals surface area (Å²) in [7, 11) is -3.96. The normalized spacial score (nSPS) is 20.7. The van der Waals surface area contributed by atoms with E-state index in [-0.39, 0.29) is 10.8 Å². The van der Waals surface area contributed by atoms with E-state index in [1.165, 1.54) is 0 Å². The second-order valence-corrected chi connectivity index (χ2v) is 8.45. The number of carbonyl (C=O) groups excluding carboxylic acids is 2. The number of nitrogens with one attached hydrogen (secondary N) is 1. The number of esters is 1. The molecule has 1 saturated heterocycles. The number of ether oxygens (including phenoxy) is 1. The second kappa shape index (κ2) is 8.59. The zero-order chi connectivity index (χ0) is 19.3. The van der Waals surface area contributed by atoms with Gasteiger partial charge in [0.05, 0.1) is 4.90 Å². The van der Waals surface area contributed by atoms with Crippen LogP contribution in [0.4, 0.5) is 4.39 Å². The van der Waals surface area contributed by atoms with Gasteiger partial charge in [-0.1, -0.05) is 13.8 Å². The molecule has 1 aromatic carbocycles. The molecule has 0 saturated carbocycles. The fourth-order valence-corrected chi connectivity index (χ4v) is 3.97. The van der Waals surface area contributed by atoms with Crippen LogP contribution < -0.4 is 4.72 Å². The van der Waals surface area contributed by atoms with Gasteiger partial charge in [-0.05, 0) is 42.5 Å². The molecule has 0 spiro atoms. The van der Waals surface area contributed by atoms with Crippen LogP contribution in [0.25, 0.3) is 0 Å². The van der Waals surface area contributed by atoms with Gasteiger partial charge in [-0.15, -0.1) is 0 Å². The summed E-state index contributed by atoms with van der Waals surface area (Å²) in [6.45, 7) is 4.34. The Bertz CT molecular complexity index is 741. The smallest absolute Gasteiger partial charge is 0.321 e. The SMILES string of the molecule is C[C@@H]1C[C@H](C)CN(C(=O)COC(=O)CNS(=O)(=O)c2ccc(F)cc2)C1. The minimum atomic E-state index is -3.96. The van der Waals surface area contributed by atoms with Gasteiger partial charge in [0.2, 0.25) is 10.0 Å². The third-order valence-corrected chi connectivity index (χ3v) is 5.53. The highest BCUT2D eigenvalue weighted by Crippen LogP contribution is 2.20. The van der Waals surface area contributed by atoms with Crippen molar-refractivity contribution in [1.82, 2.24) is 9.62 Å². The molecule has 144 valence electrons. The highest BCUT2D eigenvalue weighted by Gasteiger charge is 2.26. The first kappa shape index (κ1) is 20.3. The molecule has 2 rings (SSSR count). The molecule has 1 fully saturated rings. The summed E-state index contributed by atoms with van der Waals surface area (Å²) >= 11 is 0. The summed E-state index contributed by atoms with van der Waals surface area (Å²) in [5.74, 6) is -0.939. The maximum Gasteiger partial charge on any atom is 0.321 e. The fourth-order valence-electron chi connectivity index (χ4n) is 3.00. The van der Waals surface area contributed by atoms with Crippen LogP contribution in [0.3, 0.4) is 0 Å². The molecule has 1 aliphatic heterocycles. The van der Waals surface area contributed by atoms with Gasteiger partial charge in [-0.3, -0.25) is 9.59 Å². The van der Waals surface area contributed by atoms with Crippen molar-refractivity contribution in [1.29, 1.82) is 0 Å². The van der Waals surface area contributed by atoms with E-state index >= 15 is 0 Å². The Morgan fingerprint density at radius 3 is 2.35 bits per heavy atom. The lowest BCUT2D eigenvalue weighted by Gasteiger charge is -2.34. The van der Waals surface area contributed by atoms with Crippen molar-refractivity contribution >= 4 is 21.9 Å². The number of carbonyl (C=O) groups is 2. The molecule has 1 N–H and O–H groups in total. The predicted molar refractivity (Wildman–Crippen MR) is 92.1 cm³/mol. The van der Waals surface area contributed by atoms with E-state index in [1.807, 2.05) is 0 Å². The maximum absolute atomic E-state index is 12.8. The standard InChI is InChI=1S/C17H23FN2O5S/c1-12-7-13(2)10-20(9-12)16(21)11-25-17(22)8-19-26(23,24)15-5-3-14(18)4-6-15/h3-6,12-13,19H,7-11H2,1-2H3/t12-,13+. The summed E-state index contributed by atoms with van der Waals surface area (Å²) < 4.78 is 43.7. The molecule has 0 aromatic heterocycles. The van der Waals surface area contributed by atoms with Crippen LogP contribution >= 0.6 is 0 Å². The highest BCUT2D eigenvalue weighted by molar-refractivity contribution is 7.89. The van der Waals surface area contributed by atoms with Crippen LogP contribution in [0.1, 0.15) is 20.3 Å². The molecule has 1 aliphatic rings. The van der Waals surface area contributed by atoms with Crippen LogP contribution in [-0.4, -0.2) is 51.4 Å². The largest absolute Gasteiger partial charge is 0.455 e. The molecule has 1 amide bonds. The highest BCUT2D eigenvalue weighted by atomic mass is 32.2.